The van der Waals surface area contributed by atoms with Crippen LogP contribution in [0, 0.1) is 6.92 Å². The van der Waals surface area contributed by atoms with Gasteiger partial charge in [-0.2, -0.15) is 0 Å². The van der Waals surface area contributed by atoms with E-state index in [1.54, 1.807) is 7.11 Å². The van der Waals surface area contributed by atoms with Crippen molar-refractivity contribution in [2.24, 2.45) is 0 Å². The van der Waals surface area contributed by atoms with Crippen LogP contribution >= 0.6 is 0 Å². The molecule has 0 fully saturated rings. The van der Waals surface area contributed by atoms with Gasteiger partial charge in [0.15, 0.2) is 0 Å². The van der Waals surface area contributed by atoms with E-state index in [-0.39, 0.29) is 16.9 Å². The molecule has 1 N–H and O–H groups in total. The Morgan fingerprint density at radius 3 is 1.81 bits per heavy atom. The Morgan fingerprint density at radius 2 is 1.31 bits per heavy atom. The Kier molecular flexibility index (Phi) is 6.74. The number of hydrogen-bond acceptors (Lipinski definition) is 2. The molecule has 0 unspecified atom stereocenters. The molecular weight excluding hydrogens is 390 g/mol. The predicted molar refractivity (Wildman–Crippen MR) is 139 cm³/mol. The van der Waals surface area contributed by atoms with E-state index in [0.29, 0.717) is 0 Å². The monoisotopic (exact) mass is 429 g/mol. The molecule has 3 aromatic carbocycles. The van der Waals surface area contributed by atoms with E-state index in [9.17, 15) is 0 Å². The van der Waals surface area contributed by atoms with Gasteiger partial charge in [0.05, 0.1) is 7.11 Å². The van der Waals surface area contributed by atoms with Crippen molar-refractivity contribution in [1.82, 2.24) is 0 Å². The molecule has 2 nitrogen and oxygen atoms in total. The van der Waals surface area contributed by atoms with Crippen molar-refractivity contribution in [3.05, 3.63) is 82.9 Å². The molecule has 170 valence electrons. The van der Waals surface area contributed by atoms with Gasteiger partial charge in [-0.1, -0.05) is 83.5 Å². The van der Waals surface area contributed by atoms with Crippen LogP contribution in [0.15, 0.2) is 60.7 Å². The van der Waals surface area contributed by atoms with Gasteiger partial charge in [0, 0.05) is 11.7 Å². The van der Waals surface area contributed by atoms with Gasteiger partial charge >= 0.3 is 0 Å². The third kappa shape index (κ3) is 5.54. The van der Waals surface area contributed by atoms with Crippen molar-refractivity contribution >= 4 is 5.69 Å². The normalized spacial score (nSPS) is 13.0. The Bertz CT molecular complexity index is 1030. The summed E-state index contributed by atoms with van der Waals surface area (Å²) < 4.78 is 5.62. The van der Waals surface area contributed by atoms with E-state index >= 15 is 0 Å². The van der Waals surface area contributed by atoms with Crippen molar-refractivity contribution in [2.45, 2.75) is 72.3 Å². The maximum absolute atomic E-state index is 5.62. The summed E-state index contributed by atoms with van der Waals surface area (Å²) in [7, 11) is 1.74. The summed E-state index contributed by atoms with van der Waals surface area (Å²) in [6.45, 7) is 18.0. The van der Waals surface area contributed by atoms with Crippen molar-refractivity contribution in [3.63, 3.8) is 0 Å². The lowest BCUT2D eigenvalue weighted by atomic mass is 9.78. The van der Waals surface area contributed by atoms with E-state index in [4.69, 9.17) is 4.74 Å². The number of ether oxygens (including phenoxy) is 1. The molecule has 0 radical (unpaired) electrons. The van der Waals surface area contributed by atoms with Gasteiger partial charge < -0.3 is 10.1 Å². The van der Waals surface area contributed by atoms with E-state index in [1.807, 2.05) is 0 Å². The number of methoxy groups -OCH3 is 1. The van der Waals surface area contributed by atoms with Gasteiger partial charge in [-0.3, -0.25) is 0 Å². The lowest BCUT2D eigenvalue weighted by molar-refractivity contribution is 0.415. The summed E-state index contributed by atoms with van der Waals surface area (Å²) in [5.41, 5.74) is 8.97. The molecule has 0 saturated carbocycles. The molecule has 0 aromatic heterocycles. The highest BCUT2D eigenvalue weighted by Crippen LogP contribution is 2.38. The van der Waals surface area contributed by atoms with Gasteiger partial charge in [0.2, 0.25) is 0 Å². The lowest BCUT2D eigenvalue weighted by Gasteiger charge is -2.27. The molecule has 3 rings (SSSR count). The second-order valence-corrected chi connectivity index (χ2v) is 11.0. The van der Waals surface area contributed by atoms with E-state index in [1.165, 1.54) is 33.4 Å². The zero-order valence-corrected chi connectivity index (χ0v) is 21.3. The first-order valence-corrected chi connectivity index (χ1v) is 11.6. The van der Waals surface area contributed by atoms with Gasteiger partial charge in [-0.05, 0) is 76.8 Å². The first-order valence-electron chi connectivity index (χ1n) is 11.6. The van der Waals surface area contributed by atoms with Gasteiger partial charge in [0.1, 0.15) is 5.75 Å². The fourth-order valence-electron chi connectivity index (χ4n) is 3.92. The van der Waals surface area contributed by atoms with Crippen molar-refractivity contribution in [3.8, 4) is 16.9 Å². The minimum Gasteiger partial charge on any atom is -0.497 e. The lowest BCUT2D eigenvalue weighted by Crippen LogP contribution is -2.17. The van der Waals surface area contributed by atoms with Crippen LogP contribution in [0.5, 0.6) is 5.75 Å². The number of anilines is 1. The fraction of sp³-hybridized carbons (Fsp3) is 0.400. The average molecular weight is 430 g/mol. The minimum absolute atomic E-state index is 0.0702. The Labute approximate surface area is 195 Å². The second-order valence-electron chi connectivity index (χ2n) is 11.0. The maximum Gasteiger partial charge on any atom is 0.119 e. The molecule has 0 aliphatic heterocycles. The molecule has 0 amide bonds. The van der Waals surface area contributed by atoms with Crippen LogP contribution in [0.2, 0.25) is 0 Å². The summed E-state index contributed by atoms with van der Waals surface area (Å²) in [5, 5.41) is 3.68. The third-order valence-electron chi connectivity index (χ3n) is 6.14. The van der Waals surface area contributed by atoms with Crippen molar-refractivity contribution in [1.29, 1.82) is 0 Å². The first kappa shape index (κ1) is 23.9. The summed E-state index contributed by atoms with van der Waals surface area (Å²) in [6.07, 6.45) is 0. The predicted octanol–water partition coefficient (Wildman–Crippen LogP) is 8.44. The first-order chi connectivity index (χ1) is 14.9. The average Bonchev–Trinajstić information content (AvgIpc) is 2.73. The van der Waals surface area contributed by atoms with E-state index in [2.05, 4.69) is 121 Å². The summed E-state index contributed by atoms with van der Waals surface area (Å²) in [6, 6.07) is 22.2. The van der Waals surface area contributed by atoms with Gasteiger partial charge in [-0.15, -0.1) is 0 Å². The number of benzene rings is 3. The fourth-order valence-corrected chi connectivity index (χ4v) is 3.92. The molecule has 0 heterocycles. The summed E-state index contributed by atoms with van der Waals surface area (Å²) in [5.74, 6) is 0.879. The van der Waals surface area contributed by atoms with Crippen molar-refractivity contribution < 1.29 is 4.74 Å². The smallest absolute Gasteiger partial charge is 0.119 e. The van der Waals surface area contributed by atoms with Gasteiger partial charge in [-0.25, -0.2) is 0 Å². The molecular formula is C30H39NO. The number of rotatable bonds is 5. The molecule has 0 spiro atoms. The summed E-state index contributed by atoms with van der Waals surface area (Å²) >= 11 is 0. The van der Waals surface area contributed by atoms with Crippen LogP contribution in [0.3, 0.4) is 0 Å². The van der Waals surface area contributed by atoms with Crippen LogP contribution in [0.1, 0.15) is 76.8 Å². The minimum atomic E-state index is 0.0702. The zero-order chi connectivity index (χ0) is 23.7. The SMILES string of the molecule is COc1ccc([C@@H](C)Nc2ccc(C)cc2)c(-c2cc(C(C)(C)C)cc(C(C)(C)C)c2)c1. The molecule has 0 saturated heterocycles. The third-order valence-corrected chi connectivity index (χ3v) is 6.14. The van der Waals surface area contributed by atoms with E-state index in [0.717, 1.165) is 11.4 Å². The van der Waals surface area contributed by atoms with Crippen LogP contribution < -0.4 is 10.1 Å². The largest absolute Gasteiger partial charge is 0.497 e. The number of hydrogen-bond donors (Lipinski definition) is 1. The summed E-state index contributed by atoms with van der Waals surface area (Å²) in [4.78, 5) is 0. The number of aryl methyl sites for hydroxylation is 1. The maximum atomic E-state index is 5.62. The quantitative estimate of drug-likeness (QED) is 0.439. The molecule has 0 bridgehead atoms. The van der Waals surface area contributed by atoms with Crippen molar-refractivity contribution in [2.75, 3.05) is 12.4 Å². The Morgan fingerprint density at radius 1 is 0.750 bits per heavy atom. The molecule has 0 aliphatic carbocycles. The highest BCUT2D eigenvalue weighted by molar-refractivity contribution is 5.72. The Balaban J connectivity index is 2.15. The van der Waals surface area contributed by atoms with Crippen LogP contribution in [0.25, 0.3) is 11.1 Å². The molecule has 0 aliphatic rings. The van der Waals surface area contributed by atoms with Crippen LogP contribution in [0.4, 0.5) is 5.69 Å². The molecule has 1 atom stereocenters. The van der Waals surface area contributed by atoms with E-state index < -0.39 is 0 Å². The van der Waals surface area contributed by atoms with Crippen LogP contribution in [-0.2, 0) is 10.8 Å². The van der Waals surface area contributed by atoms with Gasteiger partial charge in [0.25, 0.3) is 0 Å². The van der Waals surface area contributed by atoms with Crippen LogP contribution in [-0.4, -0.2) is 7.11 Å². The Hall–Kier alpha value is -2.74. The second kappa shape index (κ2) is 9.02. The highest BCUT2D eigenvalue weighted by Gasteiger charge is 2.22. The number of nitrogens with one attached hydrogen (secondary N) is 1. The molecule has 32 heavy (non-hydrogen) atoms. The highest BCUT2D eigenvalue weighted by atomic mass is 16.5. The topological polar surface area (TPSA) is 21.3 Å². The molecule has 3 aromatic rings. The molecule has 2 heteroatoms. The standard InChI is InChI=1S/C30H39NO/c1-20-10-12-25(13-11-20)31-21(2)27-15-14-26(32-9)19-28(27)22-16-23(29(3,4)5)18-24(17-22)30(6,7)8/h10-19,21,31H,1-9H3/t21-/m1/s1. The zero-order valence-electron chi connectivity index (χ0n) is 21.3.